The molecule has 0 heterocycles. The van der Waals surface area contributed by atoms with Gasteiger partial charge in [0, 0.05) is 13.1 Å². The minimum atomic E-state index is -3.41. The molecule has 1 aromatic rings. The highest BCUT2D eigenvalue weighted by molar-refractivity contribution is 7.89. The minimum absolute atomic E-state index is 0.148. The molecule has 0 atom stereocenters. The highest BCUT2D eigenvalue weighted by Gasteiger charge is 2.35. The summed E-state index contributed by atoms with van der Waals surface area (Å²) in [6, 6.07) is 6.81. The molecule has 0 N–H and O–H groups in total. The van der Waals surface area contributed by atoms with E-state index in [0.717, 1.165) is 12.8 Å². The van der Waals surface area contributed by atoms with E-state index < -0.39 is 10.0 Å². The van der Waals surface area contributed by atoms with Crippen LogP contribution in [-0.4, -0.2) is 25.8 Å². The zero-order valence-electron chi connectivity index (χ0n) is 9.84. The molecule has 0 amide bonds. The summed E-state index contributed by atoms with van der Waals surface area (Å²) in [4.78, 5) is 0.297. The number of nitrogens with zero attached hydrogens (tertiary/aromatic N) is 2. The lowest BCUT2D eigenvalue weighted by molar-refractivity contribution is 0.464. The fraction of sp³-hybridized carbons (Fsp3) is 0.417. The summed E-state index contributed by atoms with van der Waals surface area (Å²) < 4.78 is 26.0. The van der Waals surface area contributed by atoms with Gasteiger partial charge in [0.25, 0.3) is 0 Å². The summed E-state index contributed by atoms with van der Waals surface area (Å²) in [6.07, 6.45) is 1.87. The Morgan fingerprint density at radius 1 is 1.41 bits per heavy atom. The Kier molecular flexibility index (Phi) is 2.94. The average molecular weight is 250 g/mol. The van der Waals surface area contributed by atoms with Crippen molar-refractivity contribution in [1.82, 2.24) is 4.31 Å². The Balaban J connectivity index is 2.43. The zero-order valence-corrected chi connectivity index (χ0v) is 10.7. The molecule has 0 saturated heterocycles. The Morgan fingerprint density at radius 3 is 2.53 bits per heavy atom. The molecule has 0 bridgehead atoms. The van der Waals surface area contributed by atoms with Gasteiger partial charge in [-0.25, -0.2) is 8.42 Å². The van der Waals surface area contributed by atoms with Crippen LogP contribution in [0.4, 0.5) is 0 Å². The first kappa shape index (κ1) is 12.1. The normalized spacial score (nSPS) is 15.9. The molecule has 17 heavy (non-hydrogen) atoms. The second-order valence-corrected chi connectivity index (χ2v) is 6.31. The number of aryl methyl sites for hydroxylation is 1. The highest BCUT2D eigenvalue weighted by Crippen LogP contribution is 2.31. The van der Waals surface area contributed by atoms with E-state index >= 15 is 0 Å². The lowest BCUT2D eigenvalue weighted by Crippen LogP contribution is -2.29. The van der Waals surface area contributed by atoms with Gasteiger partial charge in [0.05, 0.1) is 16.5 Å². The fourth-order valence-corrected chi connectivity index (χ4v) is 3.42. The number of hydrogen-bond acceptors (Lipinski definition) is 3. The van der Waals surface area contributed by atoms with E-state index in [4.69, 9.17) is 5.26 Å². The Bertz CT molecular complexity index is 583. The monoisotopic (exact) mass is 250 g/mol. The molecule has 4 nitrogen and oxygen atoms in total. The Labute approximate surface area is 102 Å². The SMILES string of the molecule is Cc1cc(C#N)ccc1S(=O)(=O)N(C)C1CC1. The van der Waals surface area contributed by atoms with Crippen molar-refractivity contribution in [2.45, 2.75) is 30.7 Å². The predicted octanol–water partition coefficient (Wildman–Crippen LogP) is 1.65. The lowest BCUT2D eigenvalue weighted by Gasteiger charge is -2.17. The van der Waals surface area contributed by atoms with Crippen molar-refractivity contribution in [3.63, 3.8) is 0 Å². The van der Waals surface area contributed by atoms with E-state index in [0.29, 0.717) is 16.0 Å². The summed E-state index contributed by atoms with van der Waals surface area (Å²) >= 11 is 0. The molecule has 0 aromatic heterocycles. The quantitative estimate of drug-likeness (QED) is 0.819. The summed E-state index contributed by atoms with van der Waals surface area (Å²) in [5.74, 6) is 0. The fourth-order valence-electron chi connectivity index (χ4n) is 1.80. The molecule has 1 aliphatic carbocycles. The van der Waals surface area contributed by atoms with Crippen molar-refractivity contribution < 1.29 is 8.42 Å². The molecule has 90 valence electrons. The van der Waals surface area contributed by atoms with Crippen LogP contribution >= 0.6 is 0 Å². The van der Waals surface area contributed by atoms with Gasteiger partial charge < -0.3 is 0 Å². The van der Waals surface area contributed by atoms with Gasteiger partial charge in [0.1, 0.15) is 0 Å². The van der Waals surface area contributed by atoms with Crippen molar-refractivity contribution in [3.8, 4) is 6.07 Å². The lowest BCUT2D eigenvalue weighted by atomic mass is 10.2. The summed E-state index contributed by atoms with van der Waals surface area (Å²) in [5, 5.41) is 8.75. The standard InChI is InChI=1S/C12H14N2O2S/c1-9-7-10(8-13)3-6-12(9)17(15,16)14(2)11-4-5-11/h3,6-7,11H,4-5H2,1-2H3. The minimum Gasteiger partial charge on any atom is -0.207 e. The smallest absolute Gasteiger partial charge is 0.207 e. The van der Waals surface area contributed by atoms with E-state index in [2.05, 4.69) is 0 Å². The molecule has 0 spiro atoms. The molecular weight excluding hydrogens is 236 g/mol. The van der Waals surface area contributed by atoms with Crippen molar-refractivity contribution in [1.29, 1.82) is 5.26 Å². The topological polar surface area (TPSA) is 61.2 Å². The van der Waals surface area contributed by atoms with Crippen molar-refractivity contribution in [2.24, 2.45) is 0 Å². The number of sulfonamides is 1. The Morgan fingerprint density at radius 2 is 2.06 bits per heavy atom. The van der Waals surface area contributed by atoms with Crippen LogP contribution in [0, 0.1) is 18.3 Å². The third kappa shape index (κ3) is 2.19. The summed E-state index contributed by atoms with van der Waals surface area (Å²) in [6.45, 7) is 1.72. The average Bonchev–Trinajstić information content (AvgIpc) is 3.11. The van der Waals surface area contributed by atoms with Gasteiger partial charge in [0.2, 0.25) is 10.0 Å². The van der Waals surface area contributed by atoms with Gasteiger partial charge in [0.15, 0.2) is 0 Å². The van der Waals surface area contributed by atoms with Crippen molar-refractivity contribution in [3.05, 3.63) is 29.3 Å². The maximum atomic E-state index is 12.3. The van der Waals surface area contributed by atoms with Crippen LogP contribution in [0.1, 0.15) is 24.0 Å². The molecule has 0 aliphatic heterocycles. The van der Waals surface area contributed by atoms with E-state index in [1.54, 1.807) is 26.1 Å². The van der Waals surface area contributed by atoms with Crippen LogP contribution in [0.15, 0.2) is 23.1 Å². The molecule has 1 saturated carbocycles. The third-order valence-electron chi connectivity index (χ3n) is 3.02. The zero-order chi connectivity index (χ0) is 12.6. The highest BCUT2D eigenvalue weighted by atomic mass is 32.2. The molecule has 2 rings (SSSR count). The number of hydrogen-bond donors (Lipinski definition) is 0. The van der Waals surface area contributed by atoms with Gasteiger partial charge in [-0.15, -0.1) is 0 Å². The number of rotatable bonds is 3. The summed E-state index contributed by atoms with van der Waals surface area (Å²) in [7, 11) is -1.79. The second-order valence-electron chi connectivity index (χ2n) is 4.34. The first-order chi connectivity index (χ1) is 7.96. The number of nitriles is 1. The largest absolute Gasteiger partial charge is 0.243 e. The van der Waals surface area contributed by atoms with Gasteiger partial charge in [-0.2, -0.15) is 9.57 Å². The van der Waals surface area contributed by atoms with Crippen LogP contribution in [-0.2, 0) is 10.0 Å². The van der Waals surface area contributed by atoms with Crippen LogP contribution in [0.3, 0.4) is 0 Å². The molecule has 1 aromatic carbocycles. The Hall–Kier alpha value is -1.38. The van der Waals surface area contributed by atoms with Crippen LogP contribution in [0.2, 0.25) is 0 Å². The molecular formula is C12H14N2O2S. The first-order valence-electron chi connectivity index (χ1n) is 5.45. The number of benzene rings is 1. The van der Waals surface area contributed by atoms with E-state index in [1.165, 1.54) is 10.4 Å². The molecule has 5 heteroatoms. The maximum Gasteiger partial charge on any atom is 0.243 e. The predicted molar refractivity (Wildman–Crippen MR) is 63.9 cm³/mol. The van der Waals surface area contributed by atoms with E-state index in [-0.39, 0.29) is 6.04 Å². The molecule has 1 fully saturated rings. The van der Waals surface area contributed by atoms with Crippen LogP contribution in [0.25, 0.3) is 0 Å². The summed E-state index contributed by atoms with van der Waals surface area (Å²) in [5.41, 5.74) is 1.10. The molecule has 0 unspecified atom stereocenters. The molecule has 0 radical (unpaired) electrons. The third-order valence-corrected chi connectivity index (χ3v) is 5.09. The van der Waals surface area contributed by atoms with Crippen LogP contribution in [0.5, 0.6) is 0 Å². The first-order valence-corrected chi connectivity index (χ1v) is 6.89. The van der Waals surface area contributed by atoms with Crippen LogP contribution < -0.4 is 0 Å². The van der Waals surface area contributed by atoms with Gasteiger partial charge >= 0.3 is 0 Å². The van der Waals surface area contributed by atoms with Gasteiger partial charge in [-0.05, 0) is 43.5 Å². The van der Waals surface area contributed by atoms with E-state index in [9.17, 15) is 8.42 Å². The van der Waals surface area contributed by atoms with Crippen molar-refractivity contribution in [2.75, 3.05) is 7.05 Å². The van der Waals surface area contributed by atoms with E-state index in [1.807, 2.05) is 6.07 Å². The second kappa shape index (κ2) is 4.13. The molecule has 1 aliphatic rings. The van der Waals surface area contributed by atoms with Crippen molar-refractivity contribution >= 4 is 10.0 Å². The van der Waals surface area contributed by atoms with Gasteiger partial charge in [-0.1, -0.05) is 0 Å². The maximum absolute atomic E-state index is 12.3. The van der Waals surface area contributed by atoms with Gasteiger partial charge in [-0.3, -0.25) is 0 Å².